The molecule has 0 saturated heterocycles. The smallest absolute Gasteiger partial charge is 0.0694 e. The fraction of sp³-hybridized carbons (Fsp3) is 1.00. The topological polar surface area (TPSA) is 0 Å². The Kier molecular flexibility index (Phi) is 1.79. The van der Waals surface area contributed by atoms with E-state index in [9.17, 15) is 0 Å². The van der Waals surface area contributed by atoms with Gasteiger partial charge in [-0.3, -0.25) is 0 Å². The number of rotatable bonds is 1. The van der Waals surface area contributed by atoms with Gasteiger partial charge in [-0.05, 0) is 61.7 Å². The summed E-state index contributed by atoms with van der Waals surface area (Å²) in [6, 6.07) is 0. The maximum Gasteiger partial charge on any atom is 0.105 e. The van der Waals surface area contributed by atoms with Crippen molar-refractivity contribution in [3.8, 4) is 0 Å². The van der Waals surface area contributed by atoms with Gasteiger partial charge in [0.1, 0.15) is 7.85 Å². The first-order valence-electron chi connectivity index (χ1n) is 6.24. The van der Waals surface area contributed by atoms with Crippen molar-refractivity contribution in [1.29, 1.82) is 0 Å². The monoisotopic (exact) mass is 176 g/mol. The molecule has 0 nitrogen and oxygen atoms in total. The summed E-state index contributed by atoms with van der Waals surface area (Å²) in [6.07, 6.45) is 7.97. The van der Waals surface area contributed by atoms with Crippen LogP contribution >= 0.6 is 0 Å². The quantitative estimate of drug-likeness (QED) is 0.538. The predicted molar refractivity (Wildman–Crippen MR) is 58.5 cm³/mol. The maximum atomic E-state index is 2.45. The minimum absolute atomic E-state index is 0.954. The van der Waals surface area contributed by atoms with Crippen LogP contribution in [0.4, 0.5) is 0 Å². The van der Waals surface area contributed by atoms with Crippen LogP contribution < -0.4 is 0 Å². The zero-order valence-electron chi connectivity index (χ0n) is 9.00. The fourth-order valence-corrected chi connectivity index (χ4v) is 5.06. The number of hydrogen-bond donors (Lipinski definition) is 0. The van der Waals surface area contributed by atoms with Crippen LogP contribution in [0.5, 0.6) is 0 Å². The predicted octanol–water partition coefficient (Wildman–Crippen LogP) is 2.50. The van der Waals surface area contributed by atoms with Gasteiger partial charge in [-0.2, -0.15) is 0 Å². The van der Waals surface area contributed by atoms with E-state index in [1.54, 1.807) is 32.1 Å². The van der Waals surface area contributed by atoms with E-state index in [1.165, 1.54) is 0 Å². The Hall–Kier alpha value is 0.0649. The van der Waals surface area contributed by atoms with Crippen LogP contribution in [0.2, 0.25) is 5.82 Å². The molecule has 4 aliphatic carbocycles. The lowest BCUT2D eigenvalue weighted by atomic mass is 9.48. The van der Waals surface area contributed by atoms with Crippen molar-refractivity contribution in [2.75, 3.05) is 0 Å². The van der Waals surface area contributed by atoms with Crippen molar-refractivity contribution in [1.82, 2.24) is 0 Å². The Labute approximate surface area is 82.9 Å². The average molecular weight is 176 g/mol. The normalized spacial score (nSPS) is 55.3. The van der Waals surface area contributed by atoms with Crippen LogP contribution in [0, 0.1) is 29.6 Å². The first-order valence-corrected chi connectivity index (χ1v) is 6.24. The first-order chi connectivity index (χ1) is 6.24. The van der Waals surface area contributed by atoms with E-state index in [1.807, 2.05) is 0 Å². The fourth-order valence-electron chi connectivity index (χ4n) is 5.06. The molecule has 0 aromatic heterocycles. The molecule has 1 atom stereocenters. The Morgan fingerprint density at radius 2 is 1.38 bits per heavy atom. The lowest BCUT2D eigenvalue weighted by Crippen LogP contribution is -2.46. The number of hydrogen-bond acceptors (Lipinski definition) is 0. The highest BCUT2D eigenvalue weighted by Crippen LogP contribution is 2.58. The molecule has 0 spiro atoms. The molecule has 4 saturated carbocycles. The third kappa shape index (κ3) is 1.19. The summed E-state index contributed by atoms with van der Waals surface area (Å²) in [5.74, 6) is 6.63. The van der Waals surface area contributed by atoms with Crippen LogP contribution in [-0.4, -0.2) is 7.85 Å². The van der Waals surface area contributed by atoms with Crippen LogP contribution in [0.1, 0.15) is 39.0 Å². The summed E-state index contributed by atoms with van der Waals surface area (Å²) >= 11 is 0. The van der Waals surface area contributed by atoms with Gasteiger partial charge in [0, 0.05) is 0 Å². The van der Waals surface area contributed by atoms with Gasteiger partial charge in [-0.1, -0.05) is 12.7 Å². The van der Waals surface area contributed by atoms with Crippen molar-refractivity contribution in [3.63, 3.8) is 0 Å². The molecule has 1 unspecified atom stereocenters. The van der Waals surface area contributed by atoms with Gasteiger partial charge in [0.05, 0.1) is 0 Å². The van der Waals surface area contributed by atoms with Gasteiger partial charge in [0.15, 0.2) is 0 Å². The summed E-state index contributed by atoms with van der Waals surface area (Å²) in [6.45, 7) is 2.45. The average Bonchev–Trinajstić information content (AvgIpc) is 2.00. The minimum atomic E-state index is 0.954. The van der Waals surface area contributed by atoms with E-state index in [-0.39, 0.29) is 0 Å². The van der Waals surface area contributed by atoms with Crippen molar-refractivity contribution < 1.29 is 0 Å². The van der Waals surface area contributed by atoms with Crippen molar-refractivity contribution in [3.05, 3.63) is 0 Å². The molecule has 0 radical (unpaired) electrons. The Balaban J connectivity index is 1.85. The van der Waals surface area contributed by atoms with E-state index in [0.717, 1.165) is 35.4 Å². The molecule has 0 heterocycles. The molecular weight excluding hydrogens is 155 g/mol. The zero-order chi connectivity index (χ0) is 9.00. The molecule has 0 N–H and O–H groups in total. The third-order valence-corrected chi connectivity index (χ3v) is 5.07. The van der Waals surface area contributed by atoms with E-state index in [2.05, 4.69) is 14.8 Å². The lowest BCUT2D eigenvalue weighted by molar-refractivity contribution is -0.0371. The maximum absolute atomic E-state index is 2.45. The second kappa shape index (κ2) is 2.78. The Bertz CT molecular complexity index is 181. The standard InChI is InChI=1S/C12H21B/c1-7(13)12-10-3-8-2-9(5-10)6-11(12)4-8/h7-12H,2-6,13H2,1H3. The van der Waals surface area contributed by atoms with Crippen LogP contribution in [0.25, 0.3) is 0 Å². The van der Waals surface area contributed by atoms with Gasteiger partial charge in [-0.25, -0.2) is 0 Å². The van der Waals surface area contributed by atoms with E-state index in [0.29, 0.717) is 0 Å². The van der Waals surface area contributed by atoms with Gasteiger partial charge >= 0.3 is 0 Å². The Morgan fingerprint density at radius 1 is 0.923 bits per heavy atom. The van der Waals surface area contributed by atoms with Crippen molar-refractivity contribution in [2.45, 2.75) is 44.8 Å². The van der Waals surface area contributed by atoms with Crippen LogP contribution in [0.3, 0.4) is 0 Å². The highest BCUT2D eigenvalue weighted by Gasteiger charge is 2.48. The molecule has 1 heteroatoms. The first kappa shape index (κ1) is 8.38. The Morgan fingerprint density at radius 3 is 1.77 bits per heavy atom. The molecule has 4 aliphatic rings. The highest BCUT2D eigenvalue weighted by molar-refractivity contribution is 6.11. The molecule has 13 heavy (non-hydrogen) atoms. The molecule has 0 aromatic carbocycles. The van der Waals surface area contributed by atoms with E-state index >= 15 is 0 Å². The lowest BCUT2D eigenvalue weighted by Gasteiger charge is -2.56. The molecule has 72 valence electrons. The van der Waals surface area contributed by atoms with Crippen molar-refractivity contribution in [2.24, 2.45) is 29.6 Å². The summed E-state index contributed by atoms with van der Waals surface area (Å²) in [7, 11) is 2.45. The minimum Gasteiger partial charge on any atom is -0.0694 e. The van der Waals surface area contributed by atoms with Gasteiger partial charge in [0.2, 0.25) is 0 Å². The van der Waals surface area contributed by atoms with E-state index < -0.39 is 0 Å². The third-order valence-electron chi connectivity index (χ3n) is 5.07. The largest absolute Gasteiger partial charge is 0.105 e. The summed E-state index contributed by atoms with van der Waals surface area (Å²) in [5.41, 5.74) is 0. The molecule has 4 fully saturated rings. The molecule has 0 aromatic rings. The second-order valence-electron chi connectivity index (χ2n) is 6.25. The summed E-state index contributed by atoms with van der Waals surface area (Å²) in [4.78, 5) is 0. The SMILES string of the molecule is BC(C)C1C2CC3CC(C2)CC1C3. The summed E-state index contributed by atoms with van der Waals surface area (Å²) < 4.78 is 0. The molecule has 0 amide bonds. The van der Waals surface area contributed by atoms with E-state index in [4.69, 9.17) is 0 Å². The molecule has 4 rings (SSSR count). The molecule has 0 aliphatic heterocycles. The zero-order valence-corrected chi connectivity index (χ0v) is 9.00. The highest BCUT2D eigenvalue weighted by atomic mass is 14.5. The van der Waals surface area contributed by atoms with Crippen LogP contribution in [-0.2, 0) is 0 Å². The second-order valence-corrected chi connectivity index (χ2v) is 6.25. The summed E-state index contributed by atoms with van der Waals surface area (Å²) in [5, 5.41) is 0. The molecule has 4 bridgehead atoms. The van der Waals surface area contributed by atoms with Crippen molar-refractivity contribution >= 4 is 7.85 Å². The molecular formula is C12H21B. The van der Waals surface area contributed by atoms with Gasteiger partial charge < -0.3 is 0 Å². The van der Waals surface area contributed by atoms with Crippen LogP contribution in [0.15, 0.2) is 0 Å². The van der Waals surface area contributed by atoms with Gasteiger partial charge in [-0.15, -0.1) is 0 Å². The van der Waals surface area contributed by atoms with Gasteiger partial charge in [0.25, 0.3) is 0 Å².